The lowest BCUT2D eigenvalue weighted by Gasteiger charge is -2.12. The molecule has 2 heterocycles. The number of halogens is 5. The number of nitrogens with zero attached hydrogens (tertiary/aromatic N) is 3. The van der Waals surface area contributed by atoms with E-state index in [1.807, 2.05) is 0 Å². The van der Waals surface area contributed by atoms with Crippen LogP contribution in [-0.2, 0) is 13.0 Å². The Morgan fingerprint density at radius 3 is 2.52 bits per heavy atom. The number of rotatable bonds is 9. The molecule has 2 rings (SSSR count). The van der Waals surface area contributed by atoms with Crippen molar-refractivity contribution in [1.29, 1.82) is 0 Å². The van der Waals surface area contributed by atoms with E-state index in [1.165, 1.54) is 25.4 Å². The molecule has 1 unspecified atom stereocenters. The number of allylic oxidation sites excluding steroid dienone is 5. The molecule has 0 aromatic carbocycles. The zero-order valence-corrected chi connectivity index (χ0v) is 19.4. The number of carbonyl (C=O) groups is 1. The van der Waals surface area contributed by atoms with Gasteiger partial charge in [0, 0.05) is 36.2 Å². The first-order chi connectivity index (χ1) is 15.3. The first-order valence-electron chi connectivity index (χ1n) is 10.1. The van der Waals surface area contributed by atoms with Gasteiger partial charge in [-0.2, -0.15) is 27.1 Å². The van der Waals surface area contributed by atoms with Gasteiger partial charge in [-0.25, -0.2) is 4.98 Å². The maximum absolute atomic E-state index is 13.5. The minimum absolute atomic E-state index is 0.0485. The van der Waals surface area contributed by atoms with Gasteiger partial charge < -0.3 is 5.32 Å². The monoisotopic (exact) mass is 488 g/mol. The summed E-state index contributed by atoms with van der Waals surface area (Å²) < 4.78 is 68.0. The summed E-state index contributed by atoms with van der Waals surface area (Å²) in [7, 11) is 1.38. The fourth-order valence-corrected chi connectivity index (χ4v) is 3.83. The molecule has 180 valence electrons. The van der Waals surface area contributed by atoms with Gasteiger partial charge >= 0.3 is 6.18 Å². The van der Waals surface area contributed by atoms with Crippen LogP contribution in [0.3, 0.4) is 0 Å². The zero-order chi connectivity index (χ0) is 25.0. The van der Waals surface area contributed by atoms with Gasteiger partial charge in [0.1, 0.15) is 16.4 Å². The summed E-state index contributed by atoms with van der Waals surface area (Å²) in [5.74, 6) is -3.81. The number of hydrogen-bond acceptors (Lipinski definition) is 4. The van der Waals surface area contributed by atoms with Crippen LogP contribution < -0.4 is 5.32 Å². The van der Waals surface area contributed by atoms with Crippen LogP contribution >= 0.6 is 11.3 Å². The van der Waals surface area contributed by atoms with E-state index in [4.69, 9.17) is 0 Å². The molecule has 0 aliphatic rings. The summed E-state index contributed by atoms with van der Waals surface area (Å²) >= 11 is 1.11. The summed E-state index contributed by atoms with van der Waals surface area (Å²) in [6, 6.07) is 0.443. The lowest BCUT2D eigenvalue weighted by molar-refractivity contribution is -0.0939. The normalized spacial score (nSPS) is 14.3. The Kier molecular flexibility index (Phi) is 8.34. The van der Waals surface area contributed by atoms with Crippen molar-refractivity contribution < 1.29 is 26.7 Å². The molecule has 1 amide bonds. The summed E-state index contributed by atoms with van der Waals surface area (Å²) in [6.07, 6.45) is 1.06. The number of nitrogens with one attached hydrogen (secondary N) is 1. The number of hydrogen-bond donors (Lipinski definition) is 1. The predicted molar refractivity (Wildman–Crippen MR) is 118 cm³/mol. The molecule has 11 heteroatoms. The zero-order valence-electron chi connectivity index (χ0n) is 18.6. The summed E-state index contributed by atoms with van der Waals surface area (Å²) in [4.78, 5) is 17.4. The molecule has 0 aliphatic heterocycles. The highest BCUT2D eigenvalue weighted by atomic mass is 32.1. The van der Waals surface area contributed by atoms with Crippen molar-refractivity contribution in [3.63, 3.8) is 0 Å². The standard InChI is InChI=1S/C22H25F5N4OS/c1-6-8-14(10-15(9-7-2)22(25,26)27)20-28-12-17(33-20)13(3)29-19(32)16-11-18(21(4,23)24)30-31(16)5/h6,8,10-13H,1,7,9H2,2-5H3,(H,29,32)/b14-8+,15-10+. The number of alkyl halides is 5. The SMILES string of the molecule is C=C/C=C(\C=C(/CCC)C(F)(F)F)c1ncc(C(C)NC(=O)c2cc(C(C)(F)F)nn2C)s1. The third kappa shape index (κ3) is 6.83. The van der Waals surface area contributed by atoms with Gasteiger partial charge in [-0.15, -0.1) is 11.3 Å². The van der Waals surface area contributed by atoms with Crippen molar-refractivity contribution in [1.82, 2.24) is 20.1 Å². The lowest BCUT2D eigenvalue weighted by atomic mass is 10.1. The molecular weight excluding hydrogens is 463 g/mol. The minimum atomic E-state index is -4.46. The van der Waals surface area contributed by atoms with Crippen LogP contribution in [-0.4, -0.2) is 26.8 Å². The Morgan fingerprint density at radius 1 is 1.33 bits per heavy atom. The fraction of sp³-hybridized carbons (Fsp3) is 0.409. The van der Waals surface area contributed by atoms with Crippen LogP contribution in [0.4, 0.5) is 22.0 Å². The molecule has 2 aromatic rings. The Morgan fingerprint density at radius 2 is 2.00 bits per heavy atom. The van der Waals surface area contributed by atoms with Crippen LogP contribution in [0.15, 0.2) is 42.6 Å². The van der Waals surface area contributed by atoms with Crippen LogP contribution in [0.25, 0.3) is 5.57 Å². The number of amides is 1. The Balaban J connectivity index is 2.26. The molecule has 0 saturated heterocycles. The van der Waals surface area contributed by atoms with Crippen molar-refractivity contribution in [3.8, 4) is 0 Å². The van der Waals surface area contributed by atoms with E-state index >= 15 is 0 Å². The van der Waals surface area contributed by atoms with Gasteiger partial charge in [0.15, 0.2) is 0 Å². The van der Waals surface area contributed by atoms with Crippen molar-refractivity contribution in [2.45, 2.75) is 51.8 Å². The second kappa shape index (κ2) is 10.4. The summed E-state index contributed by atoms with van der Waals surface area (Å²) in [5, 5.41) is 6.68. The van der Waals surface area contributed by atoms with E-state index in [1.54, 1.807) is 13.8 Å². The molecule has 0 fully saturated rings. The van der Waals surface area contributed by atoms with Gasteiger partial charge in [-0.05, 0) is 25.5 Å². The molecule has 0 radical (unpaired) electrons. The third-order valence-corrected chi connectivity index (χ3v) is 5.85. The van der Waals surface area contributed by atoms with E-state index in [9.17, 15) is 26.7 Å². The van der Waals surface area contributed by atoms with Crippen LogP contribution in [0.1, 0.15) is 65.7 Å². The van der Waals surface area contributed by atoms with Crippen LogP contribution in [0, 0.1) is 0 Å². The average Bonchev–Trinajstić information content (AvgIpc) is 3.33. The molecule has 2 aromatic heterocycles. The first-order valence-corrected chi connectivity index (χ1v) is 10.9. The highest BCUT2D eigenvalue weighted by molar-refractivity contribution is 7.12. The van der Waals surface area contributed by atoms with E-state index in [0.717, 1.165) is 28.2 Å². The molecule has 1 N–H and O–H groups in total. The van der Waals surface area contributed by atoms with Gasteiger partial charge in [-0.1, -0.05) is 32.1 Å². The molecule has 33 heavy (non-hydrogen) atoms. The molecule has 0 aliphatic carbocycles. The molecule has 5 nitrogen and oxygen atoms in total. The molecule has 0 bridgehead atoms. The fourth-order valence-electron chi connectivity index (χ4n) is 2.92. The van der Waals surface area contributed by atoms with E-state index in [2.05, 4.69) is 22.0 Å². The van der Waals surface area contributed by atoms with Gasteiger partial charge in [0.05, 0.1) is 6.04 Å². The van der Waals surface area contributed by atoms with Gasteiger partial charge in [0.2, 0.25) is 0 Å². The van der Waals surface area contributed by atoms with Crippen molar-refractivity contribution in [2.75, 3.05) is 0 Å². The Hall–Kier alpha value is -2.82. The van der Waals surface area contributed by atoms with E-state index < -0.39 is 35.3 Å². The number of aromatic nitrogens is 3. The summed E-state index contributed by atoms with van der Waals surface area (Å²) in [6.45, 7) is 7.56. The molecule has 0 spiro atoms. The van der Waals surface area contributed by atoms with Gasteiger partial charge in [-0.3, -0.25) is 9.48 Å². The number of thiazole rings is 1. The number of carbonyl (C=O) groups excluding carboxylic acids is 1. The van der Waals surface area contributed by atoms with E-state index in [0.29, 0.717) is 23.2 Å². The van der Waals surface area contributed by atoms with Crippen molar-refractivity contribution in [2.24, 2.45) is 7.05 Å². The second-order valence-electron chi connectivity index (χ2n) is 7.46. The quantitative estimate of drug-likeness (QED) is 0.331. The molecule has 0 saturated carbocycles. The highest BCUT2D eigenvalue weighted by Crippen LogP contribution is 2.34. The average molecular weight is 489 g/mol. The first kappa shape index (κ1) is 26.4. The smallest absolute Gasteiger partial charge is 0.343 e. The van der Waals surface area contributed by atoms with Crippen LogP contribution in [0.2, 0.25) is 0 Å². The third-order valence-electron chi connectivity index (χ3n) is 4.62. The largest absolute Gasteiger partial charge is 0.412 e. The maximum Gasteiger partial charge on any atom is 0.412 e. The molecule has 1 atom stereocenters. The lowest BCUT2D eigenvalue weighted by Crippen LogP contribution is -2.27. The Labute approximate surface area is 192 Å². The van der Waals surface area contributed by atoms with Crippen molar-refractivity contribution in [3.05, 3.63) is 63.9 Å². The van der Waals surface area contributed by atoms with Crippen molar-refractivity contribution >= 4 is 22.8 Å². The second-order valence-corrected chi connectivity index (χ2v) is 8.53. The minimum Gasteiger partial charge on any atom is -0.343 e. The number of aryl methyl sites for hydroxylation is 1. The topological polar surface area (TPSA) is 59.8 Å². The van der Waals surface area contributed by atoms with Crippen LogP contribution in [0.5, 0.6) is 0 Å². The van der Waals surface area contributed by atoms with Gasteiger partial charge in [0.25, 0.3) is 11.8 Å². The van der Waals surface area contributed by atoms with E-state index in [-0.39, 0.29) is 17.7 Å². The summed E-state index contributed by atoms with van der Waals surface area (Å²) in [5.41, 5.74) is -0.993. The Bertz CT molecular complexity index is 1060. The predicted octanol–water partition coefficient (Wildman–Crippen LogP) is 6.34. The molecular formula is C22H25F5N4OS. The maximum atomic E-state index is 13.5. The highest BCUT2D eigenvalue weighted by Gasteiger charge is 2.33.